The van der Waals surface area contributed by atoms with Crippen molar-refractivity contribution in [3.05, 3.63) is 11.6 Å². The van der Waals surface area contributed by atoms with Crippen molar-refractivity contribution in [2.24, 2.45) is 5.41 Å². The van der Waals surface area contributed by atoms with Crippen LogP contribution in [0.1, 0.15) is 33.6 Å². The van der Waals surface area contributed by atoms with E-state index >= 15 is 0 Å². The van der Waals surface area contributed by atoms with Crippen LogP contribution in [0.25, 0.3) is 0 Å². The maximum Gasteiger partial charge on any atom is 0.331 e. The number of rotatable bonds is 0. The Morgan fingerprint density at radius 2 is 2.07 bits per heavy atom. The summed E-state index contributed by atoms with van der Waals surface area (Å²) in [6.07, 6.45) is 2.43. The van der Waals surface area contributed by atoms with Gasteiger partial charge in [0.2, 0.25) is 0 Å². The van der Waals surface area contributed by atoms with Crippen LogP contribution in [0, 0.1) is 5.41 Å². The number of hydrogen-bond acceptors (Lipinski definition) is 3. The monoisotopic (exact) mass is 196 g/mol. The predicted octanol–water partition coefficient (Wildman–Crippen LogP) is 1.41. The van der Waals surface area contributed by atoms with Crippen molar-refractivity contribution in [1.29, 1.82) is 0 Å². The van der Waals surface area contributed by atoms with E-state index in [-0.39, 0.29) is 17.5 Å². The molecule has 14 heavy (non-hydrogen) atoms. The van der Waals surface area contributed by atoms with Gasteiger partial charge in [-0.05, 0) is 24.3 Å². The smallest absolute Gasteiger partial charge is 0.331 e. The first-order chi connectivity index (χ1) is 6.33. The van der Waals surface area contributed by atoms with Crippen LogP contribution >= 0.6 is 0 Å². The van der Waals surface area contributed by atoms with E-state index in [2.05, 4.69) is 0 Å². The SMILES string of the molecule is CC1(C)C[C@H](O)C[C@@]2(C)OC(=O)C=C12. The molecule has 0 unspecified atom stereocenters. The van der Waals surface area contributed by atoms with Gasteiger partial charge < -0.3 is 9.84 Å². The fourth-order valence-electron chi connectivity index (χ4n) is 2.86. The Morgan fingerprint density at radius 3 is 2.71 bits per heavy atom. The zero-order valence-corrected chi connectivity index (χ0v) is 8.83. The van der Waals surface area contributed by atoms with Crippen LogP contribution in [0.5, 0.6) is 0 Å². The molecule has 0 bridgehead atoms. The van der Waals surface area contributed by atoms with Crippen LogP contribution in [0.4, 0.5) is 0 Å². The highest BCUT2D eigenvalue weighted by molar-refractivity contribution is 5.87. The lowest BCUT2D eigenvalue weighted by molar-refractivity contribution is -0.149. The Labute approximate surface area is 83.8 Å². The molecule has 1 aliphatic heterocycles. The number of hydrogen-bond donors (Lipinski definition) is 1. The first-order valence-corrected chi connectivity index (χ1v) is 4.97. The van der Waals surface area contributed by atoms with E-state index in [0.717, 1.165) is 5.57 Å². The minimum Gasteiger partial charge on any atom is -0.452 e. The van der Waals surface area contributed by atoms with Crippen molar-refractivity contribution >= 4 is 5.97 Å². The second-order valence-corrected chi connectivity index (χ2v) is 5.16. The molecule has 2 atom stereocenters. The number of esters is 1. The van der Waals surface area contributed by atoms with Crippen LogP contribution in [-0.4, -0.2) is 22.8 Å². The molecule has 0 amide bonds. The Balaban J connectivity index is 2.43. The van der Waals surface area contributed by atoms with E-state index in [4.69, 9.17) is 4.74 Å². The molecular formula is C11H16O3. The van der Waals surface area contributed by atoms with Crippen molar-refractivity contribution in [3.8, 4) is 0 Å². The maximum absolute atomic E-state index is 11.2. The highest BCUT2D eigenvalue weighted by atomic mass is 16.6. The number of aliphatic hydroxyl groups excluding tert-OH is 1. The third kappa shape index (κ3) is 1.27. The Hall–Kier alpha value is -0.830. The van der Waals surface area contributed by atoms with Gasteiger partial charge in [0.05, 0.1) is 6.10 Å². The summed E-state index contributed by atoms with van der Waals surface area (Å²) in [4.78, 5) is 11.2. The Bertz CT molecular complexity index is 316. The molecule has 3 nitrogen and oxygen atoms in total. The largest absolute Gasteiger partial charge is 0.452 e. The van der Waals surface area contributed by atoms with Crippen LogP contribution in [0.15, 0.2) is 11.6 Å². The van der Waals surface area contributed by atoms with E-state index in [1.807, 2.05) is 20.8 Å². The number of aliphatic hydroxyl groups is 1. The first kappa shape index (κ1) is 9.71. The molecule has 0 saturated heterocycles. The quantitative estimate of drug-likeness (QED) is 0.596. The average Bonchev–Trinajstić information content (AvgIpc) is 2.22. The third-order valence-corrected chi connectivity index (χ3v) is 3.26. The van der Waals surface area contributed by atoms with Gasteiger partial charge in [-0.1, -0.05) is 13.8 Å². The molecule has 0 aromatic carbocycles. The van der Waals surface area contributed by atoms with E-state index < -0.39 is 5.60 Å². The number of fused-ring (bicyclic) bond motifs is 1. The van der Waals surface area contributed by atoms with Gasteiger partial charge in [-0.25, -0.2) is 4.79 Å². The van der Waals surface area contributed by atoms with Gasteiger partial charge in [0.1, 0.15) is 5.60 Å². The van der Waals surface area contributed by atoms with Crippen LogP contribution in [0.2, 0.25) is 0 Å². The molecule has 0 spiro atoms. The molecule has 0 aromatic heterocycles. The van der Waals surface area contributed by atoms with Gasteiger partial charge >= 0.3 is 5.97 Å². The molecule has 0 radical (unpaired) electrons. The Kier molecular flexibility index (Phi) is 1.80. The Morgan fingerprint density at radius 1 is 1.43 bits per heavy atom. The summed E-state index contributed by atoms with van der Waals surface area (Å²) in [6, 6.07) is 0. The average molecular weight is 196 g/mol. The summed E-state index contributed by atoms with van der Waals surface area (Å²) in [7, 11) is 0. The fraction of sp³-hybridized carbons (Fsp3) is 0.727. The summed E-state index contributed by atoms with van der Waals surface area (Å²) in [5.74, 6) is -0.273. The van der Waals surface area contributed by atoms with E-state index in [1.165, 1.54) is 0 Å². The van der Waals surface area contributed by atoms with Gasteiger partial charge in [0.15, 0.2) is 0 Å². The summed E-state index contributed by atoms with van der Waals surface area (Å²) < 4.78 is 5.27. The van der Waals surface area contributed by atoms with Gasteiger partial charge in [-0.15, -0.1) is 0 Å². The molecule has 1 aliphatic carbocycles. The number of ether oxygens (including phenoxy) is 1. The molecule has 78 valence electrons. The molecule has 2 rings (SSSR count). The van der Waals surface area contributed by atoms with Crippen molar-refractivity contribution in [2.75, 3.05) is 0 Å². The van der Waals surface area contributed by atoms with Crippen LogP contribution in [-0.2, 0) is 9.53 Å². The third-order valence-electron chi connectivity index (χ3n) is 3.26. The normalized spacial score (nSPS) is 40.1. The standard InChI is InChI=1S/C11H16O3/c1-10(2)5-7(12)6-11(3)8(10)4-9(13)14-11/h4,7,12H,5-6H2,1-3H3/t7-,11+/m0/s1. The van der Waals surface area contributed by atoms with Gasteiger partial charge in [0.25, 0.3) is 0 Å². The van der Waals surface area contributed by atoms with Gasteiger partial charge in [-0.2, -0.15) is 0 Å². The molecule has 2 aliphatic rings. The molecule has 1 N–H and O–H groups in total. The lowest BCUT2D eigenvalue weighted by Gasteiger charge is -2.43. The van der Waals surface area contributed by atoms with Gasteiger partial charge in [-0.3, -0.25) is 0 Å². The van der Waals surface area contributed by atoms with Crippen LogP contribution in [0.3, 0.4) is 0 Å². The lowest BCUT2D eigenvalue weighted by Crippen LogP contribution is -2.44. The maximum atomic E-state index is 11.2. The van der Waals surface area contributed by atoms with Crippen molar-refractivity contribution in [2.45, 2.75) is 45.3 Å². The molecule has 1 heterocycles. The topological polar surface area (TPSA) is 46.5 Å². The van der Waals surface area contributed by atoms with Crippen LogP contribution < -0.4 is 0 Å². The summed E-state index contributed by atoms with van der Waals surface area (Å²) in [5.41, 5.74) is 0.317. The van der Waals surface area contributed by atoms with E-state index in [9.17, 15) is 9.90 Å². The zero-order chi connectivity index (χ0) is 10.6. The first-order valence-electron chi connectivity index (χ1n) is 4.97. The molecule has 3 heteroatoms. The molecule has 0 aromatic rings. The summed E-state index contributed by atoms with van der Waals surface area (Å²) >= 11 is 0. The highest BCUT2D eigenvalue weighted by Gasteiger charge is 2.50. The molecule has 1 saturated carbocycles. The predicted molar refractivity (Wildman–Crippen MR) is 51.6 cm³/mol. The number of carbonyl (C=O) groups excluding carboxylic acids is 1. The molecular weight excluding hydrogens is 180 g/mol. The second-order valence-electron chi connectivity index (χ2n) is 5.16. The lowest BCUT2D eigenvalue weighted by atomic mass is 9.65. The minimum absolute atomic E-state index is 0.140. The minimum atomic E-state index is -0.571. The van der Waals surface area contributed by atoms with E-state index in [0.29, 0.717) is 12.8 Å². The number of carbonyl (C=O) groups is 1. The van der Waals surface area contributed by atoms with Crippen molar-refractivity contribution in [3.63, 3.8) is 0 Å². The van der Waals surface area contributed by atoms with Gasteiger partial charge in [0, 0.05) is 12.5 Å². The second kappa shape index (κ2) is 2.60. The van der Waals surface area contributed by atoms with Crippen molar-refractivity contribution in [1.82, 2.24) is 0 Å². The summed E-state index contributed by atoms with van der Waals surface area (Å²) in [6.45, 7) is 5.97. The molecule has 1 fully saturated rings. The fourth-order valence-corrected chi connectivity index (χ4v) is 2.86. The van der Waals surface area contributed by atoms with Crippen molar-refractivity contribution < 1.29 is 14.6 Å². The van der Waals surface area contributed by atoms with E-state index in [1.54, 1.807) is 6.08 Å². The summed E-state index contributed by atoms with van der Waals surface area (Å²) in [5, 5.41) is 9.72. The highest BCUT2D eigenvalue weighted by Crippen LogP contribution is 2.49. The zero-order valence-electron chi connectivity index (χ0n) is 8.83.